The van der Waals surface area contributed by atoms with Crippen molar-refractivity contribution in [3.63, 3.8) is 0 Å². The normalized spacial score (nSPS) is 11.4. The number of furan rings is 1. The molecule has 2 aromatic heterocycles. The Balaban J connectivity index is 1.72. The molecule has 2 heterocycles. The maximum absolute atomic E-state index is 13.8. The third kappa shape index (κ3) is 2.89. The largest absolute Gasteiger partial charge is 0.455 e. The van der Waals surface area contributed by atoms with Gasteiger partial charge in [0.25, 0.3) is 5.56 Å². The summed E-state index contributed by atoms with van der Waals surface area (Å²) in [5, 5.41) is 4.59. The first-order chi connectivity index (χ1) is 12.6. The van der Waals surface area contributed by atoms with Crippen molar-refractivity contribution >= 4 is 29.3 Å². The molecule has 0 aliphatic rings. The van der Waals surface area contributed by atoms with Crippen molar-refractivity contribution in [2.75, 3.05) is 0 Å². The summed E-state index contributed by atoms with van der Waals surface area (Å²) in [5.41, 5.74) is 0.669. The molecule has 7 heteroatoms. The fourth-order valence-corrected chi connectivity index (χ4v) is 2.84. The Bertz CT molecular complexity index is 1250. The molecule has 0 bridgehead atoms. The molecule has 4 rings (SSSR count). The number of rotatable bonds is 3. The number of aromatic amines is 1. The van der Waals surface area contributed by atoms with Gasteiger partial charge in [-0.15, -0.1) is 0 Å². The Morgan fingerprint density at radius 1 is 1.08 bits per heavy atom. The summed E-state index contributed by atoms with van der Waals surface area (Å²) in [6, 6.07) is 16.6. The minimum Gasteiger partial charge on any atom is -0.455 e. The second kappa shape index (κ2) is 6.53. The number of H-pyrrole nitrogens is 1. The minimum absolute atomic E-state index is 0.172. The third-order valence-corrected chi connectivity index (χ3v) is 4.13. The van der Waals surface area contributed by atoms with Gasteiger partial charge < -0.3 is 9.40 Å². The van der Waals surface area contributed by atoms with Crippen LogP contribution in [0.5, 0.6) is 0 Å². The molecule has 0 aliphatic heterocycles. The quantitative estimate of drug-likeness (QED) is 0.434. The van der Waals surface area contributed by atoms with Crippen LogP contribution in [0.15, 0.2) is 75.0 Å². The van der Waals surface area contributed by atoms with Crippen molar-refractivity contribution in [3.05, 3.63) is 87.4 Å². The molecule has 0 amide bonds. The number of benzene rings is 2. The van der Waals surface area contributed by atoms with Crippen LogP contribution in [0.2, 0.25) is 0 Å². The maximum atomic E-state index is 13.8. The molecule has 0 fully saturated rings. The maximum Gasteiger partial charge on any atom is 0.282 e. The van der Waals surface area contributed by atoms with E-state index in [0.29, 0.717) is 28.0 Å². The molecule has 0 saturated heterocycles. The van der Waals surface area contributed by atoms with Crippen molar-refractivity contribution in [2.24, 2.45) is 5.10 Å². The first-order valence-corrected chi connectivity index (χ1v) is 8.17. The minimum atomic E-state index is -0.376. The van der Waals surface area contributed by atoms with Crippen LogP contribution in [-0.2, 0) is 0 Å². The Kier molecular flexibility index (Phi) is 4.06. The summed E-state index contributed by atoms with van der Waals surface area (Å²) in [6.45, 7) is 0. The molecule has 26 heavy (non-hydrogen) atoms. The highest BCUT2D eigenvalue weighted by Crippen LogP contribution is 2.24. The Hall–Kier alpha value is -3.32. The second-order valence-electron chi connectivity index (χ2n) is 5.52. The number of hydrogen-bond acceptors (Lipinski definition) is 4. The molecule has 0 radical (unpaired) electrons. The number of nitrogens with zero attached hydrogens (tertiary/aromatic N) is 2. The van der Waals surface area contributed by atoms with Crippen LogP contribution in [0.25, 0.3) is 22.2 Å². The smallest absolute Gasteiger partial charge is 0.282 e. The van der Waals surface area contributed by atoms with Gasteiger partial charge in [0.15, 0.2) is 0 Å². The van der Waals surface area contributed by atoms with Gasteiger partial charge in [-0.25, -0.2) is 4.39 Å². The first kappa shape index (κ1) is 16.2. The van der Waals surface area contributed by atoms with E-state index in [1.165, 1.54) is 12.3 Å². The highest BCUT2D eigenvalue weighted by atomic mass is 32.1. The molecular weight excluding hydrogens is 353 g/mol. The van der Waals surface area contributed by atoms with Crippen molar-refractivity contribution in [1.82, 2.24) is 9.66 Å². The van der Waals surface area contributed by atoms with Gasteiger partial charge in [-0.1, -0.05) is 24.3 Å². The van der Waals surface area contributed by atoms with Crippen LogP contribution in [-0.4, -0.2) is 15.9 Å². The number of fused-ring (bicyclic) bond motifs is 1. The molecule has 0 atom stereocenters. The lowest BCUT2D eigenvalue weighted by Gasteiger charge is -2.01. The molecule has 0 aliphatic carbocycles. The highest BCUT2D eigenvalue weighted by Gasteiger charge is 2.08. The molecular formula is C19H12FN3O2S. The van der Waals surface area contributed by atoms with Crippen LogP contribution >= 0.6 is 12.2 Å². The molecule has 2 aromatic carbocycles. The van der Waals surface area contributed by atoms with E-state index in [1.54, 1.807) is 48.5 Å². The van der Waals surface area contributed by atoms with Gasteiger partial charge in [-0.05, 0) is 48.6 Å². The van der Waals surface area contributed by atoms with Crippen LogP contribution in [0.4, 0.5) is 4.39 Å². The zero-order valence-corrected chi connectivity index (χ0v) is 14.2. The molecule has 1 N–H and O–H groups in total. The van der Waals surface area contributed by atoms with Crippen molar-refractivity contribution in [3.8, 4) is 11.3 Å². The van der Waals surface area contributed by atoms with E-state index in [0.717, 1.165) is 4.68 Å². The summed E-state index contributed by atoms with van der Waals surface area (Å²) < 4.78 is 20.7. The van der Waals surface area contributed by atoms with E-state index < -0.39 is 0 Å². The summed E-state index contributed by atoms with van der Waals surface area (Å²) in [4.78, 5) is 15.5. The van der Waals surface area contributed by atoms with Crippen molar-refractivity contribution in [2.45, 2.75) is 0 Å². The average Bonchev–Trinajstić information content (AvgIpc) is 3.10. The van der Waals surface area contributed by atoms with Gasteiger partial charge in [-0.2, -0.15) is 9.78 Å². The standard InChI is InChI=1S/C19H12FN3O2S/c20-15-7-3-1-5-13(15)17-10-9-12(25-17)11-21-23-18(24)14-6-2-4-8-16(14)22-19(23)26/h1-11H,(H,22,26)/b21-11-. The fraction of sp³-hybridized carbons (Fsp3) is 0. The van der Waals surface area contributed by atoms with Gasteiger partial charge in [0.05, 0.1) is 22.7 Å². The predicted octanol–water partition coefficient (Wildman–Crippen LogP) is 4.34. The van der Waals surface area contributed by atoms with Crippen molar-refractivity contribution < 1.29 is 8.81 Å². The second-order valence-corrected chi connectivity index (χ2v) is 5.91. The Morgan fingerprint density at radius 3 is 2.69 bits per heavy atom. The highest BCUT2D eigenvalue weighted by molar-refractivity contribution is 7.71. The van der Waals surface area contributed by atoms with Crippen LogP contribution < -0.4 is 5.56 Å². The summed E-state index contributed by atoms with van der Waals surface area (Å²) in [5.74, 6) is 0.372. The van der Waals surface area contributed by atoms with E-state index >= 15 is 0 Å². The van der Waals surface area contributed by atoms with Crippen LogP contribution in [0, 0.1) is 10.6 Å². The topological polar surface area (TPSA) is 63.3 Å². The lowest BCUT2D eigenvalue weighted by Crippen LogP contribution is -2.18. The number of halogens is 1. The van der Waals surface area contributed by atoms with E-state index in [9.17, 15) is 9.18 Å². The SMILES string of the molecule is O=c1c2ccccc2[nH]c(=S)n1/N=C\c1ccc(-c2ccccc2F)o1. The lowest BCUT2D eigenvalue weighted by molar-refractivity contribution is 0.562. The monoisotopic (exact) mass is 365 g/mol. The van der Waals surface area contributed by atoms with E-state index in [2.05, 4.69) is 10.1 Å². The van der Waals surface area contributed by atoms with Gasteiger partial charge in [0.2, 0.25) is 4.77 Å². The Labute approximate surface area is 152 Å². The van der Waals surface area contributed by atoms with Gasteiger partial charge in [0.1, 0.15) is 17.3 Å². The number of nitrogens with one attached hydrogen (secondary N) is 1. The summed E-state index contributed by atoms with van der Waals surface area (Å²) in [6.07, 6.45) is 1.37. The molecule has 0 saturated carbocycles. The van der Waals surface area contributed by atoms with Crippen molar-refractivity contribution in [1.29, 1.82) is 0 Å². The number of para-hydroxylation sites is 1. The van der Waals surface area contributed by atoms with Crippen LogP contribution in [0.3, 0.4) is 0 Å². The summed E-state index contributed by atoms with van der Waals surface area (Å²) in [7, 11) is 0. The molecule has 0 spiro atoms. The molecule has 128 valence electrons. The average molecular weight is 365 g/mol. The zero-order valence-electron chi connectivity index (χ0n) is 13.3. The van der Waals surface area contributed by atoms with Gasteiger partial charge in [-0.3, -0.25) is 4.79 Å². The van der Waals surface area contributed by atoms with Gasteiger partial charge >= 0.3 is 0 Å². The van der Waals surface area contributed by atoms with Gasteiger partial charge in [0, 0.05) is 0 Å². The van der Waals surface area contributed by atoms with E-state index in [1.807, 2.05) is 6.07 Å². The zero-order chi connectivity index (χ0) is 18.1. The fourth-order valence-electron chi connectivity index (χ4n) is 2.60. The van der Waals surface area contributed by atoms with Crippen LogP contribution in [0.1, 0.15) is 5.76 Å². The number of hydrogen-bond donors (Lipinski definition) is 1. The molecule has 4 aromatic rings. The molecule has 0 unspecified atom stereocenters. The summed E-state index contributed by atoms with van der Waals surface area (Å²) >= 11 is 5.19. The third-order valence-electron chi connectivity index (χ3n) is 3.85. The lowest BCUT2D eigenvalue weighted by atomic mass is 10.1. The predicted molar refractivity (Wildman–Crippen MR) is 100 cm³/mol. The molecule has 5 nitrogen and oxygen atoms in total. The van der Waals surface area contributed by atoms with E-state index in [4.69, 9.17) is 16.6 Å². The van der Waals surface area contributed by atoms with E-state index in [-0.39, 0.29) is 16.1 Å². The first-order valence-electron chi connectivity index (χ1n) is 7.76. The number of aromatic nitrogens is 2. The Morgan fingerprint density at radius 2 is 1.85 bits per heavy atom.